The van der Waals surface area contributed by atoms with Crippen LogP contribution in [-0.2, 0) is 0 Å². The molecule has 0 saturated heterocycles. The topological polar surface area (TPSA) is 12.0 Å². The van der Waals surface area contributed by atoms with Gasteiger partial charge in [0.1, 0.15) is 0 Å². The Hall–Kier alpha value is -0.0400. The third-order valence-electron chi connectivity index (χ3n) is 7.67. The highest BCUT2D eigenvalue weighted by molar-refractivity contribution is 4.97. The largest absolute Gasteiger partial charge is 0.314 e. The summed E-state index contributed by atoms with van der Waals surface area (Å²) < 4.78 is 0. The maximum atomic E-state index is 3.91. The molecule has 1 N–H and O–H groups in total. The summed E-state index contributed by atoms with van der Waals surface area (Å²) in [5.41, 5.74) is 0. The lowest BCUT2D eigenvalue weighted by Crippen LogP contribution is -2.45. The lowest BCUT2D eigenvalue weighted by Gasteiger charge is -2.54. The normalized spacial score (nSPS) is 42.3. The monoisotopic (exact) mass is 303 g/mol. The van der Waals surface area contributed by atoms with Crippen LogP contribution in [0.2, 0.25) is 0 Å². The van der Waals surface area contributed by atoms with Gasteiger partial charge in [-0.1, -0.05) is 32.1 Å². The van der Waals surface area contributed by atoms with Crippen molar-refractivity contribution >= 4 is 0 Å². The quantitative estimate of drug-likeness (QED) is 0.657. The predicted octanol–water partition coefficient (Wildman–Crippen LogP) is 5.54. The summed E-state index contributed by atoms with van der Waals surface area (Å²) in [6.07, 6.45) is 21.3. The fourth-order valence-electron chi connectivity index (χ4n) is 6.81. The number of hydrogen-bond donors (Lipinski definition) is 1. The molecule has 5 rings (SSSR count). The first kappa shape index (κ1) is 15.5. The van der Waals surface area contributed by atoms with Gasteiger partial charge in [0, 0.05) is 6.04 Å². The van der Waals surface area contributed by atoms with Crippen molar-refractivity contribution in [3.63, 3.8) is 0 Å². The molecule has 0 heterocycles. The standard InChI is InChI=1S/C21H37N/c1-2-4-7-20(8-5-3-1)22-10-6-9-21-18-12-16-11-17(14-18)15-19(21)13-16/h16-22H,1-15H2. The first-order chi connectivity index (χ1) is 10.9. The van der Waals surface area contributed by atoms with E-state index in [1.807, 2.05) is 0 Å². The number of hydrogen-bond acceptors (Lipinski definition) is 1. The van der Waals surface area contributed by atoms with E-state index in [-0.39, 0.29) is 0 Å². The second-order valence-electron chi connectivity index (χ2n) is 9.23. The molecular weight excluding hydrogens is 266 g/mol. The summed E-state index contributed by atoms with van der Waals surface area (Å²) >= 11 is 0. The summed E-state index contributed by atoms with van der Waals surface area (Å²) in [6, 6.07) is 0.846. The second kappa shape index (κ2) is 7.24. The Morgan fingerprint density at radius 1 is 0.682 bits per heavy atom. The smallest absolute Gasteiger partial charge is 0.00670 e. The van der Waals surface area contributed by atoms with Gasteiger partial charge in [0.05, 0.1) is 0 Å². The predicted molar refractivity (Wildman–Crippen MR) is 93.9 cm³/mol. The van der Waals surface area contributed by atoms with E-state index in [2.05, 4.69) is 5.32 Å². The Morgan fingerprint density at radius 2 is 1.27 bits per heavy atom. The molecule has 126 valence electrons. The molecule has 5 aliphatic rings. The maximum absolute atomic E-state index is 3.91. The molecule has 22 heavy (non-hydrogen) atoms. The average molecular weight is 304 g/mol. The highest BCUT2D eigenvalue weighted by atomic mass is 14.9. The van der Waals surface area contributed by atoms with E-state index in [0.29, 0.717) is 0 Å². The van der Waals surface area contributed by atoms with Crippen LogP contribution < -0.4 is 5.32 Å². The van der Waals surface area contributed by atoms with E-state index in [9.17, 15) is 0 Å². The van der Waals surface area contributed by atoms with Gasteiger partial charge in [-0.2, -0.15) is 0 Å². The molecule has 1 heteroatoms. The molecule has 0 atom stereocenters. The maximum Gasteiger partial charge on any atom is 0.00670 e. The molecule has 5 fully saturated rings. The number of nitrogens with one attached hydrogen (secondary N) is 1. The minimum absolute atomic E-state index is 0.846. The zero-order valence-corrected chi connectivity index (χ0v) is 14.6. The molecular formula is C21H37N. The molecule has 0 aliphatic heterocycles. The molecule has 5 saturated carbocycles. The second-order valence-corrected chi connectivity index (χ2v) is 9.23. The molecule has 0 amide bonds. The van der Waals surface area contributed by atoms with Crippen LogP contribution in [0.3, 0.4) is 0 Å². The van der Waals surface area contributed by atoms with Crippen molar-refractivity contribution in [2.24, 2.45) is 29.6 Å². The van der Waals surface area contributed by atoms with Gasteiger partial charge in [0.25, 0.3) is 0 Å². The van der Waals surface area contributed by atoms with Crippen LogP contribution in [0, 0.1) is 29.6 Å². The molecule has 0 aromatic rings. The van der Waals surface area contributed by atoms with Gasteiger partial charge in [-0.15, -0.1) is 0 Å². The van der Waals surface area contributed by atoms with E-state index >= 15 is 0 Å². The summed E-state index contributed by atoms with van der Waals surface area (Å²) in [7, 11) is 0. The summed E-state index contributed by atoms with van der Waals surface area (Å²) in [5.74, 6) is 5.68. The molecule has 0 aromatic heterocycles. The summed E-state index contributed by atoms with van der Waals surface area (Å²) in [6.45, 7) is 1.30. The van der Waals surface area contributed by atoms with E-state index in [1.54, 1.807) is 32.1 Å². The highest BCUT2D eigenvalue weighted by Gasteiger charge is 2.47. The Kier molecular flexibility index (Phi) is 5.10. The first-order valence-electron chi connectivity index (χ1n) is 10.6. The van der Waals surface area contributed by atoms with Crippen molar-refractivity contribution in [2.45, 2.75) is 95.9 Å². The molecule has 5 aliphatic carbocycles. The SMILES string of the molecule is C1CCCC(NCCCC2C3CC4CC(C3)CC2C4)CCC1. The minimum Gasteiger partial charge on any atom is -0.314 e. The van der Waals surface area contributed by atoms with Gasteiger partial charge in [0.2, 0.25) is 0 Å². The lowest BCUT2D eigenvalue weighted by atomic mass is 9.51. The van der Waals surface area contributed by atoms with Gasteiger partial charge >= 0.3 is 0 Å². The van der Waals surface area contributed by atoms with Crippen LogP contribution in [0.5, 0.6) is 0 Å². The molecule has 0 unspecified atom stereocenters. The van der Waals surface area contributed by atoms with Crippen LogP contribution in [0.1, 0.15) is 89.9 Å². The van der Waals surface area contributed by atoms with Crippen LogP contribution in [0.25, 0.3) is 0 Å². The fourth-order valence-corrected chi connectivity index (χ4v) is 6.81. The zero-order chi connectivity index (χ0) is 14.8. The third-order valence-corrected chi connectivity index (χ3v) is 7.67. The van der Waals surface area contributed by atoms with E-state index in [4.69, 9.17) is 0 Å². The highest BCUT2D eigenvalue weighted by Crippen LogP contribution is 2.57. The van der Waals surface area contributed by atoms with Gasteiger partial charge in [-0.25, -0.2) is 0 Å². The van der Waals surface area contributed by atoms with Crippen LogP contribution in [0.4, 0.5) is 0 Å². The zero-order valence-electron chi connectivity index (χ0n) is 14.6. The summed E-state index contributed by atoms with van der Waals surface area (Å²) in [5, 5.41) is 3.91. The molecule has 0 radical (unpaired) electrons. The van der Waals surface area contributed by atoms with Crippen molar-refractivity contribution < 1.29 is 0 Å². The van der Waals surface area contributed by atoms with Crippen molar-refractivity contribution in [1.82, 2.24) is 5.32 Å². The minimum atomic E-state index is 0.846. The van der Waals surface area contributed by atoms with Crippen molar-refractivity contribution in [3.8, 4) is 0 Å². The van der Waals surface area contributed by atoms with Crippen LogP contribution >= 0.6 is 0 Å². The van der Waals surface area contributed by atoms with Gasteiger partial charge in [0.15, 0.2) is 0 Å². The molecule has 1 nitrogen and oxygen atoms in total. The van der Waals surface area contributed by atoms with Crippen molar-refractivity contribution in [2.75, 3.05) is 6.54 Å². The molecule has 0 aromatic carbocycles. The number of rotatable bonds is 5. The van der Waals surface area contributed by atoms with Gasteiger partial charge < -0.3 is 5.32 Å². The third kappa shape index (κ3) is 3.55. The van der Waals surface area contributed by atoms with Crippen LogP contribution in [0.15, 0.2) is 0 Å². The van der Waals surface area contributed by atoms with Crippen molar-refractivity contribution in [1.29, 1.82) is 0 Å². The molecule has 4 bridgehead atoms. The first-order valence-corrected chi connectivity index (χ1v) is 10.6. The Balaban J connectivity index is 1.17. The fraction of sp³-hybridized carbons (Fsp3) is 1.00. The van der Waals surface area contributed by atoms with Gasteiger partial charge in [-0.3, -0.25) is 0 Å². The summed E-state index contributed by atoms with van der Waals surface area (Å²) in [4.78, 5) is 0. The lowest BCUT2D eigenvalue weighted by molar-refractivity contribution is -0.0402. The van der Waals surface area contributed by atoms with E-state index < -0.39 is 0 Å². The van der Waals surface area contributed by atoms with Gasteiger partial charge in [-0.05, 0) is 93.9 Å². The van der Waals surface area contributed by atoms with E-state index in [0.717, 1.165) is 35.6 Å². The van der Waals surface area contributed by atoms with E-state index in [1.165, 1.54) is 64.3 Å². The molecule has 0 spiro atoms. The van der Waals surface area contributed by atoms with Crippen LogP contribution in [-0.4, -0.2) is 12.6 Å². The average Bonchev–Trinajstić information content (AvgIpc) is 2.46. The Bertz CT molecular complexity index is 314. The Morgan fingerprint density at radius 3 is 1.91 bits per heavy atom. The Labute approximate surface area is 138 Å². The van der Waals surface area contributed by atoms with Crippen molar-refractivity contribution in [3.05, 3.63) is 0 Å².